The van der Waals surface area contributed by atoms with Gasteiger partial charge in [0.1, 0.15) is 0 Å². The Morgan fingerprint density at radius 2 is 1.93 bits per heavy atom. The molecule has 0 atom stereocenters. The highest BCUT2D eigenvalue weighted by Gasteiger charge is 2.21. The van der Waals surface area contributed by atoms with Crippen LogP contribution in [0.4, 0.5) is 0 Å². The van der Waals surface area contributed by atoms with E-state index >= 15 is 0 Å². The van der Waals surface area contributed by atoms with Gasteiger partial charge in [-0.15, -0.1) is 0 Å². The fourth-order valence-corrected chi connectivity index (χ4v) is 3.87. The SMILES string of the molecule is O=C(CCc1nc(-c2ccsc2)no1)N1CCN(Cc2ccccc2)CC1. The highest BCUT2D eigenvalue weighted by molar-refractivity contribution is 7.08. The van der Waals surface area contributed by atoms with Crippen molar-refractivity contribution >= 4 is 17.2 Å². The normalized spacial score (nSPS) is 15.2. The Bertz CT molecular complexity index is 855. The van der Waals surface area contributed by atoms with E-state index in [1.807, 2.05) is 27.8 Å². The van der Waals surface area contributed by atoms with Gasteiger partial charge in [0, 0.05) is 56.5 Å². The summed E-state index contributed by atoms with van der Waals surface area (Å²) >= 11 is 1.59. The number of hydrogen-bond donors (Lipinski definition) is 0. The average molecular weight is 382 g/mol. The molecule has 3 aromatic rings. The second-order valence-electron chi connectivity index (χ2n) is 6.67. The summed E-state index contributed by atoms with van der Waals surface area (Å²) in [6.45, 7) is 4.30. The van der Waals surface area contributed by atoms with E-state index < -0.39 is 0 Å². The number of benzene rings is 1. The number of carbonyl (C=O) groups excluding carboxylic acids is 1. The number of aromatic nitrogens is 2. The lowest BCUT2D eigenvalue weighted by molar-refractivity contribution is -0.133. The molecule has 1 aromatic carbocycles. The summed E-state index contributed by atoms with van der Waals surface area (Å²) in [5.41, 5.74) is 2.27. The minimum Gasteiger partial charge on any atom is -0.340 e. The molecule has 7 heteroatoms. The van der Waals surface area contributed by atoms with Crippen molar-refractivity contribution in [2.24, 2.45) is 0 Å². The van der Waals surface area contributed by atoms with Gasteiger partial charge in [0.2, 0.25) is 17.6 Å². The second-order valence-corrected chi connectivity index (χ2v) is 7.45. The van der Waals surface area contributed by atoms with Crippen molar-refractivity contribution in [3.63, 3.8) is 0 Å². The Morgan fingerprint density at radius 3 is 2.67 bits per heavy atom. The molecule has 0 radical (unpaired) electrons. The molecule has 1 aliphatic rings. The maximum atomic E-state index is 12.5. The second kappa shape index (κ2) is 8.45. The predicted molar refractivity (Wildman–Crippen MR) is 104 cm³/mol. The number of aryl methyl sites for hydroxylation is 1. The fourth-order valence-electron chi connectivity index (χ4n) is 3.23. The minimum absolute atomic E-state index is 0.157. The topological polar surface area (TPSA) is 62.5 Å². The lowest BCUT2D eigenvalue weighted by Crippen LogP contribution is -2.48. The summed E-state index contributed by atoms with van der Waals surface area (Å²) in [4.78, 5) is 21.2. The molecule has 0 unspecified atom stereocenters. The van der Waals surface area contributed by atoms with E-state index in [4.69, 9.17) is 4.52 Å². The summed E-state index contributed by atoms with van der Waals surface area (Å²) in [5.74, 6) is 1.27. The summed E-state index contributed by atoms with van der Waals surface area (Å²) in [7, 11) is 0. The van der Waals surface area contributed by atoms with Gasteiger partial charge in [-0.3, -0.25) is 9.69 Å². The summed E-state index contributed by atoms with van der Waals surface area (Å²) in [6.07, 6.45) is 0.893. The first-order valence-corrected chi connectivity index (χ1v) is 10.1. The number of hydrogen-bond acceptors (Lipinski definition) is 6. The van der Waals surface area contributed by atoms with Crippen molar-refractivity contribution in [1.82, 2.24) is 19.9 Å². The molecule has 0 N–H and O–H groups in total. The first kappa shape index (κ1) is 17.9. The maximum absolute atomic E-state index is 12.5. The van der Waals surface area contributed by atoms with Crippen LogP contribution in [0.25, 0.3) is 11.4 Å². The number of rotatable bonds is 6. The van der Waals surface area contributed by atoms with Gasteiger partial charge in [0.25, 0.3) is 0 Å². The van der Waals surface area contributed by atoms with Gasteiger partial charge < -0.3 is 9.42 Å². The van der Waals surface area contributed by atoms with Crippen molar-refractivity contribution in [2.45, 2.75) is 19.4 Å². The van der Waals surface area contributed by atoms with E-state index in [0.717, 1.165) is 38.3 Å². The smallest absolute Gasteiger partial charge is 0.227 e. The van der Waals surface area contributed by atoms with Crippen LogP contribution in [0.3, 0.4) is 0 Å². The molecule has 2 aromatic heterocycles. The van der Waals surface area contributed by atoms with Crippen LogP contribution in [0.1, 0.15) is 17.9 Å². The molecule has 4 rings (SSSR count). The molecule has 0 bridgehead atoms. The number of thiophene rings is 1. The van der Waals surface area contributed by atoms with Gasteiger partial charge in [-0.25, -0.2) is 0 Å². The van der Waals surface area contributed by atoms with Gasteiger partial charge in [-0.1, -0.05) is 35.5 Å². The Morgan fingerprint density at radius 1 is 1.11 bits per heavy atom. The number of nitrogens with zero attached hydrogens (tertiary/aromatic N) is 4. The molecule has 27 heavy (non-hydrogen) atoms. The quantitative estimate of drug-likeness (QED) is 0.656. The predicted octanol–water partition coefficient (Wildman–Crippen LogP) is 3.08. The van der Waals surface area contributed by atoms with Gasteiger partial charge in [-0.05, 0) is 17.0 Å². The van der Waals surface area contributed by atoms with Crippen LogP contribution in [-0.4, -0.2) is 52.0 Å². The number of carbonyl (C=O) groups is 1. The third-order valence-electron chi connectivity index (χ3n) is 4.77. The first-order valence-electron chi connectivity index (χ1n) is 9.17. The Kier molecular flexibility index (Phi) is 5.60. The van der Waals surface area contributed by atoms with Crippen LogP contribution in [0.2, 0.25) is 0 Å². The summed E-state index contributed by atoms with van der Waals surface area (Å²) < 4.78 is 5.27. The summed E-state index contributed by atoms with van der Waals surface area (Å²) in [5, 5.41) is 7.95. The summed E-state index contributed by atoms with van der Waals surface area (Å²) in [6, 6.07) is 12.4. The third-order valence-corrected chi connectivity index (χ3v) is 5.46. The van der Waals surface area contributed by atoms with E-state index in [0.29, 0.717) is 24.6 Å². The van der Waals surface area contributed by atoms with Crippen LogP contribution < -0.4 is 0 Å². The number of amides is 1. The van der Waals surface area contributed by atoms with Gasteiger partial charge >= 0.3 is 0 Å². The van der Waals surface area contributed by atoms with E-state index in [2.05, 4.69) is 39.3 Å². The number of piperazine rings is 1. The van der Waals surface area contributed by atoms with Gasteiger partial charge in [0.05, 0.1) is 0 Å². The van der Waals surface area contributed by atoms with Crippen LogP contribution in [-0.2, 0) is 17.8 Å². The van der Waals surface area contributed by atoms with Crippen LogP contribution >= 0.6 is 11.3 Å². The van der Waals surface area contributed by atoms with Crippen molar-refractivity contribution in [2.75, 3.05) is 26.2 Å². The molecular formula is C20H22N4O2S. The zero-order valence-corrected chi connectivity index (χ0v) is 15.9. The van der Waals surface area contributed by atoms with E-state index in [9.17, 15) is 4.79 Å². The van der Waals surface area contributed by atoms with Gasteiger partial charge in [0.15, 0.2) is 0 Å². The van der Waals surface area contributed by atoms with E-state index in [1.165, 1.54) is 5.56 Å². The fraction of sp³-hybridized carbons (Fsp3) is 0.350. The van der Waals surface area contributed by atoms with Crippen molar-refractivity contribution in [1.29, 1.82) is 0 Å². The van der Waals surface area contributed by atoms with E-state index in [1.54, 1.807) is 11.3 Å². The monoisotopic (exact) mass is 382 g/mol. The molecule has 0 aliphatic carbocycles. The van der Waals surface area contributed by atoms with Crippen molar-refractivity contribution < 1.29 is 9.32 Å². The molecule has 0 saturated carbocycles. The molecule has 1 saturated heterocycles. The largest absolute Gasteiger partial charge is 0.340 e. The van der Waals surface area contributed by atoms with Crippen molar-refractivity contribution in [3.05, 3.63) is 58.6 Å². The molecule has 1 fully saturated rings. The molecule has 3 heterocycles. The maximum Gasteiger partial charge on any atom is 0.227 e. The molecular weight excluding hydrogens is 360 g/mol. The van der Waals surface area contributed by atoms with Crippen LogP contribution in [0, 0.1) is 0 Å². The Balaban J connectivity index is 1.23. The third kappa shape index (κ3) is 4.61. The van der Waals surface area contributed by atoms with Crippen molar-refractivity contribution in [3.8, 4) is 11.4 Å². The molecule has 1 aliphatic heterocycles. The average Bonchev–Trinajstić information content (AvgIpc) is 3.39. The lowest BCUT2D eigenvalue weighted by atomic mass is 10.2. The molecule has 1 amide bonds. The van der Waals surface area contributed by atoms with Gasteiger partial charge in [-0.2, -0.15) is 16.3 Å². The highest BCUT2D eigenvalue weighted by atomic mass is 32.1. The Labute approximate surface area is 162 Å². The molecule has 6 nitrogen and oxygen atoms in total. The first-order chi connectivity index (χ1) is 13.3. The zero-order valence-electron chi connectivity index (χ0n) is 15.1. The molecule has 0 spiro atoms. The van der Waals surface area contributed by atoms with Crippen LogP contribution in [0.15, 0.2) is 51.7 Å². The lowest BCUT2D eigenvalue weighted by Gasteiger charge is -2.34. The Hall–Kier alpha value is -2.51. The highest BCUT2D eigenvalue weighted by Crippen LogP contribution is 2.19. The zero-order chi connectivity index (χ0) is 18.5. The standard InChI is InChI=1S/C20H22N4O2S/c25-19(7-6-18-21-20(22-26-18)17-8-13-27-15-17)24-11-9-23(10-12-24)14-16-4-2-1-3-5-16/h1-5,8,13,15H,6-7,9-12,14H2. The van der Waals surface area contributed by atoms with E-state index in [-0.39, 0.29) is 5.91 Å². The molecule has 140 valence electrons. The van der Waals surface area contributed by atoms with Crippen LogP contribution in [0.5, 0.6) is 0 Å². The minimum atomic E-state index is 0.157.